The van der Waals surface area contributed by atoms with Crippen LogP contribution >= 0.6 is 24.0 Å². The smallest absolute Gasteiger partial charge is 1.00 e. The van der Waals surface area contributed by atoms with Crippen LogP contribution in [0.4, 0.5) is 0 Å². The molecule has 1 aromatic rings. The second kappa shape index (κ2) is 11.8. The van der Waals surface area contributed by atoms with E-state index in [0.717, 1.165) is 6.42 Å². The van der Waals surface area contributed by atoms with Gasteiger partial charge in [-0.2, -0.15) is 0 Å². The second-order valence-electron chi connectivity index (χ2n) is 4.19. The van der Waals surface area contributed by atoms with Crippen LogP contribution in [0.15, 0.2) is 29.2 Å². The SMILES string of the molecule is CCCCCCCc1ccccc1SC(N)=S.[Ba+2].[H-].[H-]. The maximum atomic E-state index is 5.58. The molecule has 2 N–H and O–H groups in total. The van der Waals surface area contributed by atoms with Crippen LogP contribution in [0, 0.1) is 0 Å². The molecular weight excluding hydrogens is 384 g/mol. The Bertz CT molecular complexity index is 365. The summed E-state index contributed by atoms with van der Waals surface area (Å²) in [7, 11) is 0. The van der Waals surface area contributed by atoms with Gasteiger partial charge < -0.3 is 8.59 Å². The van der Waals surface area contributed by atoms with Gasteiger partial charge in [0.25, 0.3) is 0 Å². The first kappa shape index (κ1) is 19.0. The molecule has 0 aliphatic heterocycles. The summed E-state index contributed by atoms with van der Waals surface area (Å²) < 4.78 is 0.503. The van der Waals surface area contributed by atoms with Crippen molar-refractivity contribution in [3.63, 3.8) is 0 Å². The number of aryl methyl sites for hydroxylation is 1. The van der Waals surface area contributed by atoms with Crippen LogP contribution in [0.1, 0.15) is 47.4 Å². The van der Waals surface area contributed by atoms with Crippen molar-refractivity contribution in [2.45, 2.75) is 50.3 Å². The Morgan fingerprint density at radius 3 is 2.56 bits per heavy atom. The van der Waals surface area contributed by atoms with Gasteiger partial charge in [0.1, 0.15) is 4.32 Å². The Morgan fingerprint density at radius 1 is 1.22 bits per heavy atom. The quantitative estimate of drug-likeness (QED) is 0.315. The molecule has 0 unspecified atom stereocenters. The normalized spacial score (nSPS) is 9.83. The summed E-state index contributed by atoms with van der Waals surface area (Å²) >= 11 is 6.45. The van der Waals surface area contributed by atoms with Crippen molar-refractivity contribution in [3.8, 4) is 0 Å². The molecular formula is C14H23BaNS2. The predicted octanol–water partition coefficient (Wildman–Crippen LogP) is 4.38. The summed E-state index contributed by atoms with van der Waals surface area (Å²) in [5, 5.41) is 0. The molecule has 0 bridgehead atoms. The number of benzene rings is 1. The number of hydrogen-bond donors (Lipinski definition) is 1. The molecule has 4 heteroatoms. The van der Waals surface area contributed by atoms with E-state index in [9.17, 15) is 0 Å². The minimum Gasteiger partial charge on any atom is -1.00 e. The fraction of sp³-hybridized carbons (Fsp3) is 0.500. The zero-order valence-corrected chi connectivity index (χ0v) is 17.2. The average Bonchev–Trinajstić information content (AvgIpc) is 2.30. The van der Waals surface area contributed by atoms with Crippen molar-refractivity contribution in [3.05, 3.63) is 29.8 Å². The topological polar surface area (TPSA) is 26.0 Å². The number of rotatable bonds is 7. The maximum Gasteiger partial charge on any atom is 2.00 e. The standard InChI is InChI=1S/C14H21NS2.Ba.2H/c1-2-3-4-5-6-9-12-10-7-8-11-13(12)17-14(15)16;;;/h7-8,10-11H,2-6,9H2,1H3,(H2,15,16);;;/q;+2;2*-1. The van der Waals surface area contributed by atoms with Crippen molar-refractivity contribution in [2.24, 2.45) is 5.73 Å². The molecule has 0 saturated heterocycles. The van der Waals surface area contributed by atoms with Gasteiger partial charge in [-0.25, -0.2) is 0 Å². The molecule has 1 rings (SSSR count). The molecule has 0 atom stereocenters. The minimum absolute atomic E-state index is 0. The van der Waals surface area contributed by atoms with Crippen LogP contribution in [-0.2, 0) is 6.42 Å². The number of thiocarbonyl (C=S) groups is 1. The zero-order valence-electron chi connectivity index (χ0n) is 13.2. The van der Waals surface area contributed by atoms with Gasteiger partial charge in [-0.3, -0.25) is 0 Å². The van der Waals surface area contributed by atoms with Crippen LogP contribution in [-0.4, -0.2) is 53.2 Å². The maximum absolute atomic E-state index is 5.58. The first-order valence-electron chi connectivity index (χ1n) is 6.29. The summed E-state index contributed by atoms with van der Waals surface area (Å²) in [5.41, 5.74) is 6.96. The molecule has 0 saturated carbocycles. The Kier molecular flexibility index (Phi) is 12.5. The monoisotopic (exact) mass is 407 g/mol. The van der Waals surface area contributed by atoms with E-state index in [4.69, 9.17) is 18.0 Å². The molecule has 1 aromatic carbocycles. The van der Waals surface area contributed by atoms with E-state index in [1.54, 1.807) is 0 Å². The molecule has 0 amide bonds. The van der Waals surface area contributed by atoms with Crippen LogP contribution in [0.3, 0.4) is 0 Å². The predicted molar refractivity (Wildman–Crippen MR) is 89.5 cm³/mol. The van der Waals surface area contributed by atoms with Gasteiger partial charge in [-0.15, -0.1) is 0 Å². The number of hydrogen-bond acceptors (Lipinski definition) is 2. The third kappa shape index (κ3) is 8.25. The molecule has 0 aromatic heterocycles. The van der Waals surface area contributed by atoms with Crippen molar-refractivity contribution in [2.75, 3.05) is 0 Å². The third-order valence-corrected chi connectivity index (χ3v) is 3.80. The van der Waals surface area contributed by atoms with E-state index >= 15 is 0 Å². The van der Waals surface area contributed by atoms with Crippen LogP contribution in [0.5, 0.6) is 0 Å². The molecule has 0 spiro atoms. The van der Waals surface area contributed by atoms with Gasteiger partial charge in [0, 0.05) is 4.90 Å². The van der Waals surface area contributed by atoms with E-state index in [1.807, 2.05) is 6.07 Å². The summed E-state index contributed by atoms with van der Waals surface area (Å²) in [6.45, 7) is 2.24. The van der Waals surface area contributed by atoms with Gasteiger partial charge in [0.15, 0.2) is 0 Å². The number of nitrogens with two attached hydrogens (primary N) is 1. The molecule has 1 nitrogen and oxygen atoms in total. The fourth-order valence-corrected chi connectivity index (χ4v) is 2.77. The first-order valence-corrected chi connectivity index (χ1v) is 7.51. The van der Waals surface area contributed by atoms with Gasteiger partial charge in [0.05, 0.1) is 0 Å². The Balaban J connectivity index is -0.000000963. The first-order chi connectivity index (χ1) is 8.24. The van der Waals surface area contributed by atoms with E-state index in [1.165, 1.54) is 54.3 Å². The van der Waals surface area contributed by atoms with Gasteiger partial charge in [-0.1, -0.05) is 74.8 Å². The Labute approximate surface area is 164 Å². The van der Waals surface area contributed by atoms with Crippen LogP contribution in [0.2, 0.25) is 0 Å². The second-order valence-corrected chi connectivity index (χ2v) is 5.98. The summed E-state index contributed by atoms with van der Waals surface area (Å²) in [5.74, 6) is 0. The number of unbranched alkanes of at least 4 members (excludes halogenated alkanes) is 4. The molecule has 0 fully saturated rings. The molecule has 0 heterocycles. The van der Waals surface area contributed by atoms with E-state index < -0.39 is 0 Å². The van der Waals surface area contributed by atoms with Gasteiger partial charge in [-0.05, 0) is 24.5 Å². The van der Waals surface area contributed by atoms with Crippen molar-refractivity contribution < 1.29 is 2.85 Å². The Morgan fingerprint density at radius 2 is 1.89 bits per heavy atom. The molecule has 0 radical (unpaired) electrons. The van der Waals surface area contributed by atoms with Crippen molar-refractivity contribution in [1.29, 1.82) is 0 Å². The van der Waals surface area contributed by atoms with E-state index in [0.29, 0.717) is 4.32 Å². The fourth-order valence-electron chi connectivity index (χ4n) is 1.84. The summed E-state index contributed by atoms with van der Waals surface area (Å²) in [6, 6.07) is 8.41. The zero-order chi connectivity index (χ0) is 12.5. The molecule has 18 heavy (non-hydrogen) atoms. The molecule has 98 valence electrons. The third-order valence-electron chi connectivity index (χ3n) is 2.73. The summed E-state index contributed by atoms with van der Waals surface area (Å²) in [4.78, 5) is 1.22. The molecule has 0 aliphatic carbocycles. The van der Waals surface area contributed by atoms with Crippen LogP contribution in [0.25, 0.3) is 0 Å². The average molecular weight is 407 g/mol. The van der Waals surface area contributed by atoms with E-state index in [-0.39, 0.29) is 51.7 Å². The number of thioether (sulfide) groups is 1. The van der Waals surface area contributed by atoms with E-state index in [2.05, 4.69) is 25.1 Å². The van der Waals surface area contributed by atoms with Crippen molar-refractivity contribution >= 4 is 77.2 Å². The van der Waals surface area contributed by atoms with Crippen molar-refractivity contribution in [1.82, 2.24) is 0 Å². The van der Waals surface area contributed by atoms with Gasteiger partial charge >= 0.3 is 48.9 Å². The Hall–Kier alpha value is 1.03. The summed E-state index contributed by atoms with van der Waals surface area (Å²) in [6.07, 6.45) is 7.71. The largest absolute Gasteiger partial charge is 2.00 e. The molecule has 0 aliphatic rings. The van der Waals surface area contributed by atoms with Gasteiger partial charge in [0.2, 0.25) is 0 Å². The minimum atomic E-state index is 0. The van der Waals surface area contributed by atoms with Crippen LogP contribution < -0.4 is 5.73 Å².